The van der Waals surface area contributed by atoms with E-state index in [1.54, 1.807) is 12.1 Å². The van der Waals surface area contributed by atoms with Crippen LogP contribution in [0.4, 0.5) is 10.3 Å². The van der Waals surface area contributed by atoms with Gasteiger partial charge in [0.05, 0.1) is 0 Å². The molecule has 4 nitrogen and oxygen atoms in total. The van der Waals surface area contributed by atoms with Crippen molar-refractivity contribution in [2.75, 3.05) is 5.43 Å². The van der Waals surface area contributed by atoms with Gasteiger partial charge in [-0.1, -0.05) is 11.8 Å². The lowest BCUT2D eigenvalue weighted by molar-refractivity contribution is 0.626. The zero-order valence-corrected chi connectivity index (χ0v) is 9.96. The van der Waals surface area contributed by atoms with E-state index in [0.29, 0.717) is 5.95 Å². The van der Waals surface area contributed by atoms with Gasteiger partial charge in [-0.25, -0.2) is 20.2 Å². The second kappa shape index (κ2) is 5.11. The Kier molecular flexibility index (Phi) is 3.55. The van der Waals surface area contributed by atoms with Crippen molar-refractivity contribution in [2.24, 2.45) is 5.84 Å². The summed E-state index contributed by atoms with van der Waals surface area (Å²) in [6.07, 6.45) is 0. The molecule has 1 aromatic carbocycles. The third kappa shape index (κ3) is 3.15. The SMILES string of the molecule is Cc1cc(Sc2ccc(F)cc2)nc(NN)n1. The number of aryl methyl sites for hydroxylation is 1. The van der Waals surface area contributed by atoms with Crippen molar-refractivity contribution in [1.29, 1.82) is 0 Å². The van der Waals surface area contributed by atoms with Crippen LogP contribution in [-0.2, 0) is 0 Å². The zero-order chi connectivity index (χ0) is 12.3. The molecule has 6 heteroatoms. The van der Waals surface area contributed by atoms with Crippen LogP contribution in [0.2, 0.25) is 0 Å². The van der Waals surface area contributed by atoms with Crippen LogP contribution in [0.5, 0.6) is 0 Å². The van der Waals surface area contributed by atoms with E-state index in [2.05, 4.69) is 15.4 Å². The Morgan fingerprint density at radius 2 is 1.94 bits per heavy atom. The first-order chi connectivity index (χ1) is 8.17. The Hall–Kier alpha value is -1.66. The average Bonchev–Trinajstić information content (AvgIpc) is 2.31. The highest BCUT2D eigenvalue weighted by Crippen LogP contribution is 2.26. The first-order valence-corrected chi connectivity index (χ1v) is 5.75. The molecule has 0 unspecified atom stereocenters. The number of aromatic nitrogens is 2. The minimum absolute atomic E-state index is 0.252. The van der Waals surface area contributed by atoms with Gasteiger partial charge in [-0.2, -0.15) is 0 Å². The van der Waals surface area contributed by atoms with Crippen molar-refractivity contribution >= 4 is 17.7 Å². The molecular formula is C11H11FN4S. The molecule has 0 fully saturated rings. The maximum Gasteiger partial charge on any atom is 0.238 e. The van der Waals surface area contributed by atoms with Crippen LogP contribution in [-0.4, -0.2) is 9.97 Å². The van der Waals surface area contributed by atoms with E-state index in [4.69, 9.17) is 5.84 Å². The third-order valence-electron chi connectivity index (χ3n) is 2.00. The van der Waals surface area contributed by atoms with Crippen LogP contribution in [0, 0.1) is 12.7 Å². The zero-order valence-electron chi connectivity index (χ0n) is 9.14. The summed E-state index contributed by atoms with van der Waals surface area (Å²) in [5, 5.41) is 0.761. The number of nitrogen functional groups attached to an aromatic ring is 1. The number of hydrogen-bond donors (Lipinski definition) is 2. The topological polar surface area (TPSA) is 63.8 Å². The van der Waals surface area contributed by atoms with Crippen molar-refractivity contribution in [3.63, 3.8) is 0 Å². The van der Waals surface area contributed by atoms with Crippen molar-refractivity contribution < 1.29 is 4.39 Å². The minimum Gasteiger partial charge on any atom is -0.292 e. The van der Waals surface area contributed by atoms with E-state index in [0.717, 1.165) is 15.6 Å². The van der Waals surface area contributed by atoms with Gasteiger partial charge in [0.15, 0.2) is 0 Å². The monoisotopic (exact) mass is 250 g/mol. The standard InChI is InChI=1S/C11H11FN4S/c1-7-6-10(15-11(14-7)16-13)17-9-4-2-8(12)3-5-9/h2-6H,13H2,1H3,(H,14,15,16). The van der Waals surface area contributed by atoms with E-state index in [1.807, 2.05) is 13.0 Å². The number of nitrogens with zero attached hydrogens (tertiary/aromatic N) is 2. The van der Waals surface area contributed by atoms with Crippen molar-refractivity contribution in [2.45, 2.75) is 16.8 Å². The first kappa shape index (κ1) is 11.8. The fourth-order valence-corrected chi connectivity index (χ4v) is 2.16. The lowest BCUT2D eigenvalue weighted by Gasteiger charge is -2.04. The molecular weight excluding hydrogens is 239 g/mol. The third-order valence-corrected chi connectivity index (χ3v) is 2.92. The number of benzene rings is 1. The Labute approximate surface area is 102 Å². The molecule has 0 bridgehead atoms. The summed E-state index contributed by atoms with van der Waals surface area (Å²) in [5.74, 6) is 5.38. The molecule has 1 aromatic heterocycles. The van der Waals surface area contributed by atoms with Gasteiger partial charge in [-0.15, -0.1) is 0 Å². The fourth-order valence-electron chi connectivity index (χ4n) is 1.28. The number of nitrogens with two attached hydrogens (primary N) is 1. The molecule has 3 N–H and O–H groups in total. The Morgan fingerprint density at radius 1 is 1.24 bits per heavy atom. The van der Waals surface area contributed by atoms with Gasteiger partial charge >= 0.3 is 0 Å². The maximum absolute atomic E-state index is 12.7. The number of hydrogen-bond acceptors (Lipinski definition) is 5. The Balaban J connectivity index is 2.23. The molecule has 0 radical (unpaired) electrons. The molecule has 0 aliphatic rings. The molecule has 0 atom stereocenters. The average molecular weight is 250 g/mol. The molecule has 0 amide bonds. The summed E-state index contributed by atoms with van der Waals surface area (Å²) in [4.78, 5) is 9.19. The molecule has 0 aliphatic heterocycles. The van der Waals surface area contributed by atoms with Gasteiger partial charge in [0, 0.05) is 10.6 Å². The molecule has 0 aliphatic carbocycles. The van der Waals surface area contributed by atoms with E-state index >= 15 is 0 Å². The van der Waals surface area contributed by atoms with Crippen LogP contribution >= 0.6 is 11.8 Å². The summed E-state index contributed by atoms with van der Waals surface area (Å²) in [7, 11) is 0. The molecule has 2 aromatic rings. The van der Waals surface area contributed by atoms with Gasteiger partial charge in [0.1, 0.15) is 10.8 Å². The highest BCUT2D eigenvalue weighted by molar-refractivity contribution is 7.99. The largest absolute Gasteiger partial charge is 0.292 e. The number of nitrogens with one attached hydrogen (secondary N) is 1. The number of hydrazine groups is 1. The molecule has 0 saturated carbocycles. The lowest BCUT2D eigenvalue weighted by Crippen LogP contribution is -2.11. The Morgan fingerprint density at radius 3 is 2.59 bits per heavy atom. The number of anilines is 1. The van der Waals surface area contributed by atoms with Crippen LogP contribution in [0.1, 0.15) is 5.69 Å². The van der Waals surface area contributed by atoms with Crippen molar-refractivity contribution in [1.82, 2.24) is 9.97 Å². The van der Waals surface area contributed by atoms with Gasteiger partial charge in [-0.3, -0.25) is 5.43 Å². The summed E-state index contributed by atoms with van der Waals surface area (Å²) in [6, 6.07) is 8.08. The first-order valence-electron chi connectivity index (χ1n) is 4.93. The molecule has 17 heavy (non-hydrogen) atoms. The maximum atomic E-state index is 12.7. The van der Waals surface area contributed by atoms with Crippen LogP contribution in [0.25, 0.3) is 0 Å². The van der Waals surface area contributed by atoms with Gasteiger partial charge in [0.2, 0.25) is 5.95 Å². The van der Waals surface area contributed by atoms with E-state index in [9.17, 15) is 4.39 Å². The molecule has 0 spiro atoms. The molecule has 1 heterocycles. The second-order valence-electron chi connectivity index (χ2n) is 3.37. The summed E-state index contributed by atoms with van der Waals surface area (Å²) in [6.45, 7) is 1.86. The van der Waals surface area contributed by atoms with Crippen LogP contribution in [0.15, 0.2) is 40.3 Å². The quantitative estimate of drug-likeness (QED) is 0.497. The van der Waals surface area contributed by atoms with Gasteiger partial charge in [0.25, 0.3) is 0 Å². The predicted molar refractivity (Wildman–Crippen MR) is 65.1 cm³/mol. The predicted octanol–water partition coefficient (Wildman–Crippen LogP) is 2.36. The Bertz CT molecular complexity index is 515. The number of halogens is 1. The minimum atomic E-state index is -0.252. The summed E-state index contributed by atoms with van der Waals surface area (Å²) in [5.41, 5.74) is 3.22. The number of rotatable bonds is 3. The molecule has 2 rings (SSSR count). The smallest absolute Gasteiger partial charge is 0.238 e. The van der Waals surface area contributed by atoms with E-state index in [-0.39, 0.29) is 5.82 Å². The summed E-state index contributed by atoms with van der Waals surface area (Å²) < 4.78 is 12.7. The lowest BCUT2D eigenvalue weighted by atomic mass is 10.4. The highest BCUT2D eigenvalue weighted by atomic mass is 32.2. The van der Waals surface area contributed by atoms with Gasteiger partial charge < -0.3 is 0 Å². The fraction of sp³-hybridized carbons (Fsp3) is 0.0909. The highest BCUT2D eigenvalue weighted by Gasteiger charge is 2.03. The van der Waals surface area contributed by atoms with E-state index in [1.165, 1.54) is 23.9 Å². The molecule has 88 valence electrons. The van der Waals surface area contributed by atoms with Gasteiger partial charge in [-0.05, 0) is 37.3 Å². The van der Waals surface area contributed by atoms with Crippen LogP contribution in [0.3, 0.4) is 0 Å². The second-order valence-corrected chi connectivity index (χ2v) is 4.47. The van der Waals surface area contributed by atoms with Crippen LogP contribution < -0.4 is 11.3 Å². The van der Waals surface area contributed by atoms with Crippen molar-refractivity contribution in [3.8, 4) is 0 Å². The normalized spacial score (nSPS) is 10.3. The van der Waals surface area contributed by atoms with Crippen molar-refractivity contribution in [3.05, 3.63) is 41.8 Å². The van der Waals surface area contributed by atoms with E-state index < -0.39 is 0 Å². The molecule has 0 saturated heterocycles. The summed E-state index contributed by atoms with van der Waals surface area (Å²) >= 11 is 1.43.